The summed E-state index contributed by atoms with van der Waals surface area (Å²) in [6.07, 6.45) is 4.73. The molecule has 0 fully saturated rings. The number of allylic oxidation sites excluding steroid dienone is 1. The van der Waals surface area contributed by atoms with E-state index in [9.17, 15) is 0 Å². The molecule has 0 aliphatic heterocycles. The molecule has 144 valence electrons. The number of hydrogen-bond acceptors (Lipinski definition) is 2. The van der Waals surface area contributed by atoms with Crippen molar-refractivity contribution in [2.75, 3.05) is 13.2 Å². The summed E-state index contributed by atoms with van der Waals surface area (Å²) in [7, 11) is 0. The molecular formula is C25H33NO. The summed E-state index contributed by atoms with van der Waals surface area (Å²) in [6.45, 7) is 12.8. The van der Waals surface area contributed by atoms with Crippen LogP contribution in [0, 0.1) is 0 Å². The van der Waals surface area contributed by atoms with Crippen molar-refractivity contribution in [1.29, 1.82) is 0 Å². The molecule has 3 rings (SSSR count). The Labute approximate surface area is 164 Å². The molecule has 0 spiro atoms. The Morgan fingerprint density at radius 2 is 1.59 bits per heavy atom. The minimum Gasteiger partial charge on any atom is -0.492 e. The summed E-state index contributed by atoms with van der Waals surface area (Å²) in [5, 5.41) is 0. The van der Waals surface area contributed by atoms with Gasteiger partial charge in [-0.05, 0) is 70.6 Å². The van der Waals surface area contributed by atoms with Crippen LogP contribution in [0.4, 0.5) is 0 Å². The van der Waals surface area contributed by atoms with Gasteiger partial charge in [0, 0.05) is 6.54 Å². The van der Waals surface area contributed by atoms with Crippen LogP contribution in [0.5, 0.6) is 5.75 Å². The van der Waals surface area contributed by atoms with Crippen LogP contribution in [0.3, 0.4) is 0 Å². The van der Waals surface area contributed by atoms with Gasteiger partial charge in [-0.3, -0.25) is 0 Å². The summed E-state index contributed by atoms with van der Waals surface area (Å²) in [6, 6.07) is 15.3. The second kappa shape index (κ2) is 7.52. The monoisotopic (exact) mass is 363 g/mol. The first-order valence-corrected chi connectivity index (χ1v) is 9.99. The van der Waals surface area contributed by atoms with Crippen LogP contribution < -0.4 is 10.5 Å². The molecule has 0 bridgehead atoms. The Balaban J connectivity index is 1.89. The molecule has 1 aliphatic carbocycles. The van der Waals surface area contributed by atoms with E-state index in [1.165, 1.54) is 40.7 Å². The first-order chi connectivity index (χ1) is 12.7. The number of fused-ring (bicyclic) bond motifs is 1. The van der Waals surface area contributed by atoms with Gasteiger partial charge in [-0.2, -0.15) is 0 Å². The molecule has 0 saturated heterocycles. The van der Waals surface area contributed by atoms with Crippen molar-refractivity contribution in [1.82, 2.24) is 0 Å². The smallest absolute Gasteiger partial charge is 0.119 e. The van der Waals surface area contributed by atoms with E-state index < -0.39 is 0 Å². The summed E-state index contributed by atoms with van der Waals surface area (Å²) < 4.78 is 5.56. The zero-order chi connectivity index (χ0) is 19.7. The Bertz CT molecular complexity index is 828. The van der Waals surface area contributed by atoms with Gasteiger partial charge in [0.05, 0.1) is 0 Å². The first kappa shape index (κ1) is 19.7. The summed E-state index contributed by atoms with van der Waals surface area (Å²) in [5.41, 5.74) is 12.8. The van der Waals surface area contributed by atoms with Crippen molar-refractivity contribution in [3.63, 3.8) is 0 Å². The Kier molecular flexibility index (Phi) is 5.48. The maximum absolute atomic E-state index is 5.56. The van der Waals surface area contributed by atoms with Crippen LogP contribution in [-0.4, -0.2) is 13.2 Å². The van der Waals surface area contributed by atoms with E-state index in [0.717, 1.165) is 5.75 Å². The third-order valence-corrected chi connectivity index (χ3v) is 5.96. The van der Waals surface area contributed by atoms with Gasteiger partial charge in [-0.1, -0.05) is 64.1 Å². The molecule has 1 aliphatic rings. The third kappa shape index (κ3) is 4.27. The second-order valence-electron chi connectivity index (χ2n) is 9.06. The van der Waals surface area contributed by atoms with Crippen molar-refractivity contribution in [3.05, 3.63) is 64.7 Å². The summed E-state index contributed by atoms with van der Waals surface area (Å²) in [4.78, 5) is 0. The number of ether oxygens (including phenoxy) is 1. The topological polar surface area (TPSA) is 35.2 Å². The average molecular weight is 364 g/mol. The fraction of sp³-hybridized carbons (Fsp3) is 0.440. The molecule has 2 N–H and O–H groups in total. The predicted octanol–water partition coefficient (Wildman–Crippen LogP) is 5.93. The highest BCUT2D eigenvalue weighted by molar-refractivity contribution is 5.80. The molecule has 2 aromatic rings. The van der Waals surface area contributed by atoms with Gasteiger partial charge in [0.15, 0.2) is 0 Å². The van der Waals surface area contributed by atoms with E-state index in [2.05, 4.69) is 71.0 Å². The van der Waals surface area contributed by atoms with E-state index in [1.807, 2.05) is 12.1 Å². The number of nitrogens with two attached hydrogens (primary N) is 1. The van der Waals surface area contributed by atoms with Gasteiger partial charge in [0.1, 0.15) is 12.4 Å². The van der Waals surface area contributed by atoms with Gasteiger partial charge in [-0.15, -0.1) is 0 Å². The van der Waals surface area contributed by atoms with Crippen molar-refractivity contribution in [3.8, 4) is 5.75 Å². The molecule has 0 radical (unpaired) electrons. The minimum atomic E-state index is 0.239. The molecule has 27 heavy (non-hydrogen) atoms. The van der Waals surface area contributed by atoms with Crippen LogP contribution in [0.2, 0.25) is 0 Å². The lowest BCUT2D eigenvalue weighted by Crippen LogP contribution is -2.33. The minimum absolute atomic E-state index is 0.239. The van der Waals surface area contributed by atoms with Crippen molar-refractivity contribution >= 4 is 11.6 Å². The zero-order valence-corrected chi connectivity index (χ0v) is 17.4. The molecule has 2 heteroatoms. The zero-order valence-electron chi connectivity index (χ0n) is 17.4. The van der Waals surface area contributed by atoms with Crippen molar-refractivity contribution < 1.29 is 4.74 Å². The van der Waals surface area contributed by atoms with Gasteiger partial charge < -0.3 is 10.5 Å². The van der Waals surface area contributed by atoms with Gasteiger partial charge in [0.2, 0.25) is 0 Å². The molecule has 2 nitrogen and oxygen atoms in total. The fourth-order valence-electron chi connectivity index (χ4n) is 4.00. The molecule has 0 atom stereocenters. The lowest BCUT2D eigenvalue weighted by Gasteiger charge is -2.42. The lowest BCUT2D eigenvalue weighted by atomic mass is 9.63. The van der Waals surface area contributed by atoms with Crippen LogP contribution in [0.1, 0.15) is 69.7 Å². The number of hydrogen-bond donors (Lipinski definition) is 1. The quantitative estimate of drug-likeness (QED) is 0.668. The highest BCUT2D eigenvalue weighted by Crippen LogP contribution is 2.46. The van der Waals surface area contributed by atoms with Crippen LogP contribution in [0.25, 0.3) is 11.6 Å². The summed E-state index contributed by atoms with van der Waals surface area (Å²) >= 11 is 0. The SMILES string of the molecule is CC(=Cc1ccc(OCCN)cc1)c1ccc2c(c1)C(C)(C)CCC2(C)C. The second-order valence-corrected chi connectivity index (χ2v) is 9.06. The predicted molar refractivity (Wildman–Crippen MR) is 116 cm³/mol. The highest BCUT2D eigenvalue weighted by Gasteiger charge is 2.36. The average Bonchev–Trinajstić information content (AvgIpc) is 2.65. The van der Waals surface area contributed by atoms with Gasteiger partial charge in [0.25, 0.3) is 0 Å². The van der Waals surface area contributed by atoms with E-state index in [4.69, 9.17) is 10.5 Å². The maximum atomic E-state index is 5.56. The lowest BCUT2D eigenvalue weighted by molar-refractivity contribution is 0.328. The van der Waals surface area contributed by atoms with Gasteiger partial charge in [-0.25, -0.2) is 0 Å². The van der Waals surface area contributed by atoms with Crippen LogP contribution in [-0.2, 0) is 10.8 Å². The first-order valence-electron chi connectivity index (χ1n) is 9.99. The molecule has 0 amide bonds. The maximum Gasteiger partial charge on any atom is 0.119 e. The molecular weight excluding hydrogens is 330 g/mol. The van der Waals surface area contributed by atoms with Crippen molar-refractivity contribution in [2.24, 2.45) is 5.73 Å². The van der Waals surface area contributed by atoms with E-state index >= 15 is 0 Å². The highest BCUT2D eigenvalue weighted by atomic mass is 16.5. The normalized spacial score (nSPS) is 18.1. The van der Waals surface area contributed by atoms with Gasteiger partial charge >= 0.3 is 0 Å². The molecule has 2 aromatic carbocycles. The molecule has 0 aromatic heterocycles. The Morgan fingerprint density at radius 1 is 0.963 bits per heavy atom. The van der Waals surface area contributed by atoms with Crippen LogP contribution in [0.15, 0.2) is 42.5 Å². The summed E-state index contributed by atoms with van der Waals surface area (Å²) in [5.74, 6) is 0.869. The van der Waals surface area contributed by atoms with E-state index in [-0.39, 0.29) is 10.8 Å². The van der Waals surface area contributed by atoms with Crippen molar-refractivity contribution in [2.45, 2.75) is 58.3 Å². The largest absolute Gasteiger partial charge is 0.492 e. The molecule has 0 unspecified atom stereocenters. The molecule has 0 heterocycles. The Morgan fingerprint density at radius 3 is 2.22 bits per heavy atom. The fourth-order valence-corrected chi connectivity index (χ4v) is 4.00. The van der Waals surface area contributed by atoms with E-state index in [1.54, 1.807) is 0 Å². The number of rotatable bonds is 5. The van der Waals surface area contributed by atoms with E-state index in [0.29, 0.717) is 13.2 Å². The number of benzene rings is 2. The third-order valence-electron chi connectivity index (χ3n) is 5.96. The standard InChI is InChI=1S/C25H33NO/c1-18(16-19-6-9-21(10-7-19)27-15-14-26)20-8-11-22-23(17-20)25(4,5)13-12-24(22,2)3/h6-11,16-17H,12-15,26H2,1-5H3. The molecule has 0 saturated carbocycles. The Hall–Kier alpha value is -2.06. The van der Waals surface area contributed by atoms with Crippen LogP contribution >= 0.6 is 0 Å².